The number of rotatable bonds is 5. The number of carbonyl (C=O) groups is 1. The van der Waals surface area contributed by atoms with Crippen molar-refractivity contribution < 1.29 is 22.4 Å². The van der Waals surface area contributed by atoms with Gasteiger partial charge in [0.1, 0.15) is 5.82 Å². The van der Waals surface area contributed by atoms with Crippen LogP contribution in [0.4, 0.5) is 23.2 Å². The number of benzene rings is 4. The Hall–Kier alpha value is -3.97. The van der Waals surface area contributed by atoms with E-state index in [4.69, 9.17) is 0 Å². The van der Waals surface area contributed by atoms with E-state index in [9.17, 15) is 22.4 Å². The van der Waals surface area contributed by atoms with E-state index in [1.807, 2.05) is 24.3 Å². The Kier molecular flexibility index (Phi) is 6.80. The molecule has 0 atom stereocenters. The van der Waals surface area contributed by atoms with Gasteiger partial charge in [0.15, 0.2) is 0 Å². The molecule has 7 heteroatoms. The lowest BCUT2D eigenvalue weighted by atomic mass is 9.97. The molecule has 1 aliphatic rings. The molecule has 1 heterocycles. The summed E-state index contributed by atoms with van der Waals surface area (Å²) in [7, 11) is 0. The molecule has 5 rings (SSSR count). The maximum Gasteiger partial charge on any atom is 0.416 e. The molecule has 0 saturated carbocycles. The van der Waals surface area contributed by atoms with Crippen molar-refractivity contribution in [3.8, 4) is 11.1 Å². The SMILES string of the molecule is O=C(Nc1ccc2c(c1)CCN(Cc1ccccc1F)C2)c1ccccc1-c1ccc(C(F)(F)F)cc1. The smallest absolute Gasteiger partial charge is 0.322 e. The summed E-state index contributed by atoms with van der Waals surface area (Å²) in [5.41, 5.74) is 4.28. The molecular weight excluding hydrogens is 480 g/mol. The van der Waals surface area contributed by atoms with Gasteiger partial charge in [-0.1, -0.05) is 54.6 Å². The van der Waals surface area contributed by atoms with Gasteiger partial charge in [-0.25, -0.2) is 4.39 Å². The first-order chi connectivity index (χ1) is 17.8. The third-order valence-electron chi connectivity index (χ3n) is 6.60. The van der Waals surface area contributed by atoms with Gasteiger partial charge >= 0.3 is 6.18 Å². The lowest BCUT2D eigenvalue weighted by molar-refractivity contribution is -0.137. The van der Waals surface area contributed by atoms with Gasteiger partial charge in [0.2, 0.25) is 0 Å². The molecule has 0 fully saturated rings. The molecule has 188 valence electrons. The van der Waals surface area contributed by atoms with Crippen LogP contribution in [0, 0.1) is 5.82 Å². The highest BCUT2D eigenvalue weighted by Crippen LogP contribution is 2.32. The number of amides is 1. The molecule has 0 saturated heterocycles. The molecule has 4 aromatic rings. The highest BCUT2D eigenvalue weighted by atomic mass is 19.4. The Bertz CT molecular complexity index is 1430. The fourth-order valence-corrected chi connectivity index (χ4v) is 4.66. The first-order valence-electron chi connectivity index (χ1n) is 11.9. The second-order valence-corrected chi connectivity index (χ2v) is 9.11. The van der Waals surface area contributed by atoms with Gasteiger partial charge in [-0.2, -0.15) is 13.2 Å². The predicted molar refractivity (Wildman–Crippen MR) is 135 cm³/mol. The maximum atomic E-state index is 14.0. The summed E-state index contributed by atoms with van der Waals surface area (Å²) in [6, 6.07) is 24.2. The van der Waals surface area contributed by atoms with Crippen molar-refractivity contribution >= 4 is 11.6 Å². The Morgan fingerprint density at radius 1 is 0.865 bits per heavy atom. The number of hydrogen-bond acceptors (Lipinski definition) is 2. The second kappa shape index (κ2) is 10.2. The molecule has 0 unspecified atom stereocenters. The largest absolute Gasteiger partial charge is 0.416 e. The van der Waals surface area contributed by atoms with Crippen molar-refractivity contribution in [2.24, 2.45) is 0 Å². The van der Waals surface area contributed by atoms with E-state index < -0.39 is 11.7 Å². The first-order valence-corrected chi connectivity index (χ1v) is 11.9. The van der Waals surface area contributed by atoms with Gasteiger partial charge in [-0.05, 0) is 65.1 Å². The number of carbonyl (C=O) groups excluding carboxylic acids is 1. The van der Waals surface area contributed by atoms with Crippen molar-refractivity contribution in [3.05, 3.63) is 125 Å². The van der Waals surface area contributed by atoms with E-state index in [1.165, 1.54) is 18.2 Å². The van der Waals surface area contributed by atoms with Gasteiger partial charge in [0, 0.05) is 36.4 Å². The summed E-state index contributed by atoms with van der Waals surface area (Å²) >= 11 is 0. The molecule has 1 aliphatic heterocycles. The quantitative estimate of drug-likeness (QED) is 0.289. The molecule has 37 heavy (non-hydrogen) atoms. The fraction of sp³-hybridized carbons (Fsp3) is 0.167. The monoisotopic (exact) mass is 504 g/mol. The van der Waals surface area contributed by atoms with Crippen LogP contribution < -0.4 is 5.32 Å². The van der Waals surface area contributed by atoms with Crippen molar-refractivity contribution in [1.82, 2.24) is 4.90 Å². The third kappa shape index (κ3) is 5.57. The van der Waals surface area contributed by atoms with E-state index in [2.05, 4.69) is 10.2 Å². The van der Waals surface area contributed by atoms with Crippen molar-refractivity contribution in [2.75, 3.05) is 11.9 Å². The lowest BCUT2D eigenvalue weighted by Gasteiger charge is -2.29. The van der Waals surface area contributed by atoms with Gasteiger partial charge in [0.25, 0.3) is 5.91 Å². The van der Waals surface area contributed by atoms with Crippen LogP contribution in [0.15, 0.2) is 91.0 Å². The van der Waals surface area contributed by atoms with Gasteiger partial charge in [-0.3, -0.25) is 9.69 Å². The molecule has 3 nitrogen and oxygen atoms in total. The van der Waals surface area contributed by atoms with Crippen molar-refractivity contribution in [3.63, 3.8) is 0 Å². The van der Waals surface area contributed by atoms with Crippen LogP contribution in [0.1, 0.15) is 32.6 Å². The molecule has 1 amide bonds. The highest BCUT2D eigenvalue weighted by molar-refractivity contribution is 6.08. The summed E-state index contributed by atoms with van der Waals surface area (Å²) in [5.74, 6) is -0.546. The van der Waals surface area contributed by atoms with Crippen LogP contribution in [0.5, 0.6) is 0 Å². The minimum atomic E-state index is -4.42. The second-order valence-electron chi connectivity index (χ2n) is 9.11. The number of halogens is 4. The standard InChI is InChI=1S/C30H24F4N2O/c31-28-8-4-1-5-23(28)19-36-16-15-21-17-25(14-11-22(21)18-36)35-29(37)27-7-3-2-6-26(27)20-9-12-24(13-10-20)30(32,33)34/h1-14,17H,15-16,18-19H2,(H,35,37). The summed E-state index contributed by atoms with van der Waals surface area (Å²) in [6.45, 7) is 2.00. The Morgan fingerprint density at radius 2 is 1.59 bits per heavy atom. The number of alkyl halides is 3. The lowest BCUT2D eigenvalue weighted by Crippen LogP contribution is -2.30. The number of fused-ring (bicyclic) bond motifs is 1. The minimum absolute atomic E-state index is 0.206. The molecular formula is C30H24F4N2O. The van der Waals surface area contributed by atoms with Crippen molar-refractivity contribution in [2.45, 2.75) is 25.7 Å². The maximum absolute atomic E-state index is 14.0. The summed E-state index contributed by atoms with van der Waals surface area (Å²) in [4.78, 5) is 15.3. The third-order valence-corrected chi connectivity index (χ3v) is 6.60. The zero-order valence-electron chi connectivity index (χ0n) is 19.9. The number of anilines is 1. The summed E-state index contributed by atoms with van der Waals surface area (Å²) in [5, 5.41) is 2.93. The number of hydrogen-bond donors (Lipinski definition) is 1. The van der Waals surface area contributed by atoms with Crippen LogP contribution in [0.3, 0.4) is 0 Å². The average molecular weight is 505 g/mol. The molecule has 1 N–H and O–H groups in total. The van der Waals surface area contributed by atoms with E-state index in [0.717, 1.165) is 36.2 Å². The molecule has 0 aliphatic carbocycles. The summed E-state index contributed by atoms with van der Waals surface area (Å²) in [6.07, 6.45) is -3.65. The van der Waals surface area contributed by atoms with Gasteiger partial charge in [-0.15, -0.1) is 0 Å². The molecule has 0 bridgehead atoms. The van der Waals surface area contributed by atoms with Gasteiger partial charge < -0.3 is 5.32 Å². The Morgan fingerprint density at radius 3 is 2.35 bits per heavy atom. The van der Waals surface area contributed by atoms with E-state index in [0.29, 0.717) is 41.0 Å². The minimum Gasteiger partial charge on any atom is -0.322 e. The topological polar surface area (TPSA) is 32.3 Å². The molecule has 0 spiro atoms. The van der Waals surface area contributed by atoms with E-state index in [1.54, 1.807) is 36.4 Å². The Balaban J connectivity index is 1.30. The molecule has 0 aromatic heterocycles. The number of nitrogens with one attached hydrogen (secondary N) is 1. The van der Waals surface area contributed by atoms with E-state index in [-0.39, 0.29) is 11.7 Å². The van der Waals surface area contributed by atoms with Crippen LogP contribution in [0.2, 0.25) is 0 Å². The van der Waals surface area contributed by atoms with Gasteiger partial charge in [0.05, 0.1) is 5.56 Å². The predicted octanol–water partition coefficient (Wildman–Crippen LogP) is 7.32. The van der Waals surface area contributed by atoms with Crippen molar-refractivity contribution in [1.29, 1.82) is 0 Å². The zero-order chi connectivity index (χ0) is 26.0. The zero-order valence-corrected chi connectivity index (χ0v) is 19.9. The average Bonchev–Trinajstić information content (AvgIpc) is 2.89. The summed E-state index contributed by atoms with van der Waals surface area (Å²) < 4.78 is 52.9. The molecule has 4 aromatic carbocycles. The number of nitrogens with zero attached hydrogens (tertiary/aromatic N) is 1. The Labute approximate surface area is 212 Å². The van der Waals surface area contributed by atoms with Crippen LogP contribution >= 0.6 is 0 Å². The van der Waals surface area contributed by atoms with E-state index >= 15 is 0 Å². The van der Waals surface area contributed by atoms with Crippen LogP contribution in [-0.2, 0) is 25.7 Å². The van der Waals surface area contributed by atoms with Crippen LogP contribution in [-0.4, -0.2) is 17.4 Å². The first kappa shape index (κ1) is 24.7. The van der Waals surface area contributed by atoms with Crippen LogP contribution in [0.25, 0.3) is 11.1 Å². The molecule has 0 radical (unpaired) electrons. The normalized spacial score (nSPS) is 13.7. The highest BCUT2D eigenvalue weighted by Gasteiger charge is 2.30. The fourth-order valence-electron chi connectivity index (χ4n) is 4.66.